The number of hydrogen-bond donors (Lipinski definition) is 4. The van der Waals surface area contributed by atoms with Gasteiger partial charge in [0.15, 0.2) is 0 Å². The molecule has 0 bridgehead atoms. The van der Waals surface area contributed by atoms with Crippen molar-refractivity contribution in [1.29, 1.82) is 0 Å². The molecule has 1 aromatic carbocycles. The second-order valence-corrected chi connectivity index (χ2v) is 4.84. The van der Waals surface area contributed by atoms with Gasteiger partial charge in [-0.05, 0) is 26.0 Å². The van der Waals surface area contributed by atoms with E-state index in [9.17, 15) is 14.7 Å². The quantitative estimate of drug-likeness (QED) is 0.343. The van der Waals surface area contributed by atoms with Gasteiger partial charge in [0, 0.05) is 0 Å². The minimum atomic E-state index is -0.789. The fourth-order valence-corrected chi connectivity index (χ4v) is 1.97. The number of guanidine groups is 1. The molecule has 0 aliphatic heterocycles. The van der Waals surface area contributed by atoms with Crippen LogP contribution in [0, 0.1) is 6.92 Å². The summed E-state index contributed by atoms with van der Waals surface area (Å²) < 4.78 is 0.963. The van der Waals surface area contributed by atoms with E-state index in [2.05, 4.69) is 15.2 Å². The van der Waals surface area contributed by atoms with Gasteiger partial charge in [-0.2, -0.15) is 5.10 Å². The average molecular weight is 316 g/mol. The van der Waals surface area contributed by atoms with Crippen molar-refractivity contribution in [3.63, 3.8) is 0 Å². The lowest BCUT2D eigenvalue weighted by molar-refractivity contribution is 0.429. The van der Waals surface area contributed by atoms with Crippen LogP contribution in [-0.2, 0) is 0 Å². The highest BCUT2D eigenvalue weighted by Crippen LogP contribution is 2.17. The summed E-state index contributed by atoms with van der Waals surface area (Å²) in [4.78, 5) is 26.1. The molecular weight excluding hydrogens is 300 g/mol. The summed E-state index contributed by atoms with van der Waals surface area (Å²) in [7, 11) is 0. The number of nitrogens with two attached hydrogens (primary N) is 2. The van der Waals surface area contributed by atoms with Crippen LogP contribution in [0.3, 0.4) is 0 Å². The van der Waals surface area contributed by atoms with E-state index in [-0.39, 0.29) is 17.2 Å². The highest BCUT2D eigenvalue weighted by atomic mass is 16.3. The molecule has 0 amide bonds. The van der Waals surface area contributed by atoms with Gasteiger partial charge >= 0.3 is 5.69 Å². The Bertz CT molecular complexity index is 902. The molecule has 6 N–H and O–H groups in total. The second kappa shape index (κ2) is 6.18. The van der Waals surface area contributed by atoms with E-state index in [1.165, 1.54) is 6.92 Å². The number of aryl methyl sites for hydroxylation is 1. The molecule has 0 saturated heterocycles. The second-order valence-electron chi connectivity index (χ2n) is 4.84. The predicted octanol–water partition coefficient (Wildman–Crippen LogP) is -0.463. The summed E-state index contributed by atoms with van der Waals surface area (Å²) in [5.41, 5.74) is 10.0. The number of nitrogens with one attached hydrogen (secondary N) is 1. The normalized spacial score (nSPS) is 11.3. The molecule has 0 radical (unpaired) electrons. The van der Waals surface area contributed by atoms with Crippen LogP contribution in [0.1, 0.15) is 18.1 Å². The van der Waals surface area contributed by atoms with E-state index < -0.39 is 17.1 Å². The maximum absolute atomic E-state index is 12.0. The SMILES string of the molecule is CC(=NN=C(N)N)c1c(O)n(-c2ccc(C)cc2)c(=O)[nH]c1=O. The largest absolute Gasteiger partial charge is 0.493 e. The molecule has 0 aliphatic rings. The van der Waals surface area contributed by atoms with Crippen molar-refractivity contribution in [3.05, 3.63) is 56.2 Å². The summed E-state index contributed by atoms with van der Waals surface area (Å²) in [6, 6.07) is 6.82. The molecule has 9 heteroatoms. The average Bonchev–Trinajstić information content (AvgIpc) is 2.46. The molecule has 9 nitrogen and oxygen atoms in total. The number of aromatic amines is 1. The molecule has 0 unspecified atom stereocenters. The van der Waals surface area contributed by atoms with Crippen molar-refractivity contribution in [2.45, 2.75) is 13.8 Å². The summed E-state index contributed by atoms with van der Waals surface area (Å²) in [5, 5.41) is 17.4. The molecule has 2 aromatic rings. The molecule has 0 fully saturated rings. The maximum Gasteiger partial charge on any atom is 0.335 e. The van der Waals surface area contributed by atoms with Crippen LogP contribution in [-0.4, -0.2) is 26.3 Å². The minimum Gasteiger partial charge on any atom is -0.493 e. The van der Waals surface area contributed by atoms with Crippen LogP contribution in [0.5, 0.6) is 5.88 Å². The number of benzene rings is 1. The molecule has 0 atom stereocenters. The van der Waals surface area contributed by atoms with Gasteiger partial charge in [0.05, 0.1) is 11.4 Å². The van der Waals surface area contributed by atoms with Crippen molar-refractivity contribution in [1.82, 2.24) is 9.55 Å². The van der Waals surface area contributed by atoms with E-state index in [1.54, 1.807) is 24.3 Å². The van der Waals surface area contributed by atoms with Gasteiger partial charge in [-0.15, -0.1) is 5.10 Å². The first-order valence-electron chi connectivity index (χ1n) is 6.60. The third-order valence-corrected chi connectivity index (χ3v) is 3.06. The van der Waals surface area contributed by atoms with E-state index >= 15 is 0 Å². The third kappa shape index (κ3) is 3.28. The zero-order valence-corrected chi connectivity index (χ0v) is 12.6. The predicted molar refractivity (Wildman–Crippen MR) is 87.1 cm³/mol. The van der Waals surface area contributed by atoms with Gasteiger partial charge in [-0.25, -0.2) is 9.36 Å². The molecule has 23 heavy (non-hydrogen) atoms. The Morgan fingerprint density at radius 2 is 1.78 bits per heavy atom. The number of rotatable bonds is 3. The molecule has 0 spiro atoms. The Balaban J connectivity index is 2.72. The summed E-state index contributed by atoms with van der Waals surface area (Å²) in [6.45, 7) is 3.32. The van der Waals surface area contributed by atoms with Crippen LogP contribution in [0.25, 0.3) is 5.69 Å². The van der Waals surface area contributed by atoms with Crippen molar-refractivity contribution in [3.8, 4) is 11.6 Å². The van der Waals surface area contributed by atoms with Gasteiger partial charge < -0.3 is 16.6 Å². The fraction of sp³-hybridized carbons (Fsp3) is 0.143. The van der Waals surface area contributed by atoms with Crippen LogP contribution < -0.4 is 22.7 Å². The smallest absolute Gasteiger partial charge is 0.335 e. The molecule has 120 valence electrons. The van der Waals surface area contributed by atoms with Crippen LogP contribution in [0.4, 0.5) is 0 Å². The van der Waals surface area contributed by atoms with Crippen molar-refractivity contribution in [2.75, 3.05) is 0 Å². The lowest BCUT2D eigenvalue weighted by atomic mass is 10.2. The van der Waals surface area contributed by atoms with Crippen LogP contribution in [0.15, 0.2) is 44.1 Å². The Kier molecular flexibility index (Phi) is 4.30. The standard InChI is InChI=1S/C14H16N6O3/c1-7-3-5-9(6-4-7)20-12(22)10(11(21)17-14(20)23)8(2)18-19-13(15)16/h3-6,22H,1-2H3,(H4,15,16,19)(H,17,21,23). The van der Waals surface area contributed by atoms with E-state index in [1.807, 2.05) is 6.92 Å². The molecular formula is C14H16N6O3. The molecule has 1 heterocycles. The maximum atomic E-state index is 12.0. The van der Waals surface area contributed by atoms with Gasteiger partial charge in [0.1, 0.15) is 5.56 Å². The topological polar surface area (TPSA) is 152 Å². The molecule has 1 aromatic heterocycles. The minimum absolute atomic E-state index is 0.0537. The van der Waals surface area contributed by atoms with E-state index in [0.717, 1.165) is 10.1 Å². The number of H-pyrrole nitrogens is 1. The lowest BCUT2D eigenvalue weighted by Crippen LogP contribution is -2.32. The van der Waals surface area contributed by atoms with Crippen molar-refractivity contribution < 1.29 is 5.11 Å². The highest BCUT2D eigenvalue weighted by Gasteiger charge is 2.17. The van der Waals surface area contributed by atoms with Gasteiger partial charge in [0.2, 0.25) is 11.8 Å². The Morgan fingerprint density at radius 1 is 1.17 bits per heavy atom. The summed E-state index contributed by atoms with van der Waals surface area (Å²) >= 11 is 0. The third-order valence-electron chi connectivity index (χ3n) is 3.06. The lowest BCUT2D eigenvalue weighted by Gasteiger charge is -2.11. The molecule has 0 saturated carbocycles. The number of aromatic nitrogens is 2. The van der Waals surface area contributed by atoms with Gasteiger partial charge in [0.25, 0.3) is 5.56 Å². The van der Waals surface area contributed by atoms with E-state index in [0.29, 0.717) is 5.69 Å². The first-order valence-corrected chi connectivity index (χ1v) is 6.60. The van der Waals surface area contributed by atoms with Crippen LogP contribution >= 0.6 is 0 Å². The zero-order chi connectivity index (χ0) is 17.1. The van der Waals surface area contributed by atoms with Crippen molar-refractivity contribution >= 4 is 11.7 Å². The number of aromatic hydroxyl groups is 1. The van der Waals surface area contributed by atoms with Crippen LogP contribution in [0.2, 0.25) is 0 Å². The Hall–Kier alpha value is -3.36. The van der Waals surface area contributed by atoms with E-state index in [4.69, 9.17) is 11.5 Å². The first kappa shape index (κ1) is 16.0. The monoisotopic (exact) mass is 316 g/mol. The molecule has 2 rings (SSSR count). The summed E-state index contributed by atoms with van der Waals surface area (Å²) in [5.74, 6) is -0.846. The van der Waals surface area contributed by atoms with Gasteiger partial charge in [-0.1, -0.05) is 17.7 Å². The summed E-state index contributed by atoms with van der Waals surface area (Å²) in [6.07, 6.45) is 0. The molecule has 0 aliphatic carbocycles. The highest BCUT2D eigenvalue weighted by molar-refractivity contribution is 6.00. The van der Waals surface area contributed by atoms with Crippen molar-refractivity contribution in [2.24, 2.45) is 21.7 Å². The fourth-order valence-electron chi connectivity index (χ4n) is 1.97. The Labute approximate surface area is 130 Å². The first-order chi connectivity index (χ1) is 10.8. The number of nitrogens with zero attached hydrogens (tertiary/aromatic N) is 3. The van der Waals surface area contributed by atoms with Gasteiger partial charge in [-0.3, -0.25) is 9.78 Å². The zero-order valence-electron chi connectivity index (χ0n) is 12.6. The Morgan fingerprint density at radius 3 is 2.35 bits per heavy atom. The number of hydrogen-bond acceptors (Lipinski definition) is 5.